The third-order valence-corrected chi connectivity index (χ3v) is 9.41. The molecule has 2 aliphatic heterocycles. The van der Waals surface area contributed by atoms with Gasteiger partial charge in [0, 0.05) is 23.9 Å². The first-order valence-corrected chi connectivity index (χ1v) is 16.9. The van der Waals surface area contributed by atoms with Crippen molar-refractivity contribution in [2.75, 3.05) is 13.1 Å². The molecule has 0 bridgehead atoms. The lowest BCUT2D eigenvalue weighted by atomic mass is 9.82. The molecule has 2 N–H and O–H groups in total. The Morgan fingerprint density at radius 2 is 0.614 bits per heavy atom. The summed E-state index contributed by atoms with van der Waals surface area (Å²) in [6.07, 6.45) is 5.11. The van der Waals surface area contributed by atoms with Crippen LogP contribution in [0.3, 0.4) is 0 Å². The monoisotopic (exact) mass is 586 g/mol. The fourth-order valence-corrected chi connectivity index (χ4v) is 8.06. The number of aryl methyl sites for hydroxylation is 8. The lowest BCUT2D eigenvalue weighted by molar-refractivity contribution is 0.539. The van der Waals surface area contributed by atoms with E-state index in [9.17, 15) is 0 Å². The lowest BCUT2D eigenvalue weighted by Crippen LogP contribution is -2.30. The molecule has 2 nitrogen and oxygen atoms in total. The van der Waals surface area contributed by atoms with Gasteiger partial charge in [0.15, 0.2) is 0 Å². The van der Waals surface area contributed by atoms with Gasteiger partial charge in [-0.05, 0) is 116 Å². The highest BCUT2D eigenvalue weighted by Crippen LogP contribution is 2.35. The summed E-state index contributed by atoms with van der Waals surface area (Å²) in [6.45, 7) is 19.9. The number of nitrogens with one attached hydrogen (secondary N) is 2. The Hall–Kier alpha value is -3.20. The molecule has 0 aromatic heterocycles. The van der Waals surface area contributed by atoms with Crippen LogP contribution in [0.25, 0.3) is 0 Å². The van der Waals surface area contributed by atoms with Gasteiger partial charge in [-0.15, -0.1) is 0 Å². The van der Waals surface area contributed by atoms with E-state index in [0.717, 1.165) is 13.1 Å². The van der Waals surface area contributed by atoms with Crippen LogP contribution in [0, 0.1) is 55.4 Å². The van der Waals surface area contributed by atoms with Gasteiger partial charge in [0.05, 0.1) is 0 Å². The van der Waals surface area contributed by atoms with Crippen LogP contribution >= 0.6 is 0 Å². The Labute approximate surface area is 267 Å². The smallest absolute Gasteiger partial charge is 0.0243 e. The van der Waals surface area contributed by atoms with Crippen LogP contribution in [-0.2, 0) is 0 Å². The van der Waals surface area contributed by atoms with Crippen molar-refractivity contribution in [1.82, 2.24) is 10.6 Å². The van der Waals surface area contributed by atoms with Crippen molar-refractivity contribution in [3.8, 4) is 0 Å². The van der Waals surface area contributed by atoms with E-state index in [1.165, 1.54) is 92.4 Å². The van der Waals surface area contributed by atoms with Crippen LogP contribution < -0.4 is 10.6 Å². The second-order valence-electron chi connectivity index (χ2n) is 14.0. The maximum Gasteiger partial charge on any atom is 0.0243 e. The van der Waals surface area contributed by atoms with E-state index in [4.69, 9.17) is 0 Å². The zero-order valence-corrected chi connectivity index (χ0v) is 28.5. The minimum Gasteiger partial charge on any atom is -0.313 e. The molecule has 4 aromatic carbocycles. The number of benzene rings is 4. The fourth-order valence-electron chi connectivity index (χ4n) is 8.06. The molecule has 2 fully saturated rings. The Morgan fingerprint density at radius 1 is 0.386 bits per heavy atom. The number of hydrogen-bond acceptors (Lipinski definition) is 2. The maximum absolute atomic E-state index is 3.73. The zero-order valence-electron chi connectivity index (χ0n) is 28.5. The van der Waals surface area contributed by atoms with E-state index in [1.54, 1.807) is 0 Å². The molecule has 0 spiro atoms. The van der Waals surface area contributed by atoms with Crippen LogP contribution in [0.1, 0.15) is 104 Å². The predicted molar refractivity (Wildman–Crippen MR) is 189 cm³/mol. The van der Waals surface area contributed by atoms with Crippen molar-refractivity contribution in [2.45, 2.75) is 105 Å². The molecule has 2 heteroatoms. The first-order chi connectivity index (χ1) is 21.0. The van der Waals surface area contributed by atoms with Crippen molar-refractivity contribution < 1.29 is 0 Å². The molecule has 0 radical (unpaired) electrons. The highest BCUT2D eigenvalue weighted by atomic mass is 14.9. The molecule has 2 atom stereocenters. The third-order valence-electron chi connectivity index (χ3n) is 9.41. The molecule has 2 unspecified atom stereocenters. The molecule has 44 heavy (non-hydrogen) atoms. The Bertz CT molecular complexity index is 1270. The van der Waals surface area contributed by atoms with Crippen LogP contribution in [0.2, 0.25) is 0 Å². The summed E-state index contributed by atoms with van der Waals surface area (Å²) in [5, 5.41) is 7.46. The highest BCUT2D eigenvalue weighted by Gasteiger charge is 2.29. The van der Waals surface area contributed by atoms with E-state index in [-0.39, 0.29) is 0 Å². The van der Waals surface area contributed by atoms with Crippen molar-refractivity contribution in [1.29, 1.82) is 0 Å². The maximum atomic E-state index is 3.73. The summed E-state index contributed by atoms with van der Waals surface area (Å²) in [6, 6.07) is 29.2. The molecule has 232 valence electrons. The largest absolute Gasteiger partial charge is 0.313 e. The Morgan fingerprint density at radius 3 is 0.795 bits per heavy atom. The summed E-state index contributed by atoms with van der Waals surface area (Å²) >= 11 is 0. The summed E-state index contributed by atoms with van der Waals surface area (Å²) in [5.74, 6) is 0.916. The van der Waals surface area contributed by atoms with Crippen molar-refractivity contribution in [2.24, 2.45) is 0 Å². The molecular weight excluding hydrogens is 532 g/mol. The first kappa shape index (κ1) is 32.2. The van der Waals surface area contributed by atoms with Crippen molar-refractivity contribution in [3.05, 3.63) is 140 Å². The minimum absolute atomic E-state index is 0.458. The second kappa shape index (κ2) is 14.3. The summed E-state index contributed by atoms with van der Waals surface area (Å²) in [5.41, 5.74) is 16.7. The summed E-state index contributed by atoms with van der Waals surface area (Å²) in [4.78, 5) is 0. The minimum atomic E-state index is 0.458. The van der Waals surface area contributed by atoms with E-state index >= 15 is 0 Å². The molecule has 2 heterocycles. The SMILES string of the molecule is Cc1cc(C)cc(C(c2cc(C)cc(C)c2)C2CCCN2)c1.Cc1cc(C)cc(C(c2cc(C)cc(C)c2)C2CCCN2)c1. The van der Waals surface area contributed by atoms with Crippen LogP contribution in [0.15, 0.2) is 72.8 Å². The van der Waals surface area contributed by atoms with E-state index in [1.807, 2.05) is 0 Å². The standard InChI is InChI=1S/2C21H27N/c2*1-14-8-15(2)11-18(10-14)21(20-6-5-7-22-20)19-12-16(3)9-17(4)13-19/h2*8-13,20-22H,5-7H2,1-4H3. The fraction of sp³-hybridized carbons (Fsp3) is 0.429. The Balaban J connectivity index is 0.000000175. The quantitative estimate of drug-likeness (QED) is 0.235. The molecular formula is C42H54N2. The van der Waals surface area contributed by atoms with Gasteiger partial charge in [-0.1, -0.05) is 117 Å². The molecule has 6 rings (SSSR count). The average molecular weight is 587 g/mol. The first-order valence-electron chi connectivity index (χ1n) is 16.9. The van der Waals surface area contributed by atoms with Crippen LogP contribution in [-0.4, -0.2) is 25.2 Å². The van der Waals surface area contributed by atoms with Gasteiger partial charge in [-0.25, -0.2) is 0 Å². The van der Waals surface area contributed by atoms with Gasteiger partial charge in [0.1, 0.15) is 0 Å². The molecule has 4 aromatic rings. The predicted octanol–water partition coefficient (Wildman–Crippen LogP) is 9.61. The van der Waals surface area contributed by atoms with Crippen LogP contribution in [0.4, 0.5) is 0 Å². The number of hydrogen-bond donors (Lipinski definition) is 2. The van der Waals surface area contributed by atoms with E-state index < -0.39 is 0 Å². The van der Waals surface area contributed by atoms with E-state index in [2.05, 4.69) is 139 Å². The topological polar surface area (TPSA) is 24.1 Å². The highest BCUT2D eigenvalue weighted by molar-refractivity contribution is 5.43. The number of rotatable bonds is 6. The van der Waals surface area contributed by atoms with Crippen molar-refractivity contribution in [3.63, 3.8) is 0 Å². The molecule has 2 aliphatic rings. The van der Waals surface area contributed by atoms with E-state index in [0.29, 0.717) is 23.9 Å². The second-order valence-corrected chi connectivity index (χ2v) is 14.0. The lowest BCUT2D eigenvalue weighted by Gasteiger charge is -2.26. The third kappa shape index (κ3) is 8.09. The molecule has 0 amide bonds. The van der Waals surface area contributed by atoms with Gasteiger partial charge in [0.2, 0.25) is 0 Å². The molecule has 0 aliphatic carbocycles. The molecule has 2 saturated heterocycles. The molecule has 0 saturated carbocycles. The zero-order chi connectivity index (χ0) is 31.4. The Kier molecular flexibility index (Phi) is 10.4. The normalized spacial score (nSPS) is 18.1. The van der Waals surface area contributed by atoms with Gasteiger partial charge in [0.25, 0.3) is 0 Å². The van der Waals surface area contributed by atoms with Gasteiger partial charge in [-0.3, -0.25) is 0 Å². The van der Waals surface area contributed by atoms with Crippen molar-refractivity contribution >= 4 is 0 Å². The van der Waals surface area contributed by atoms with Gasteiger partial charge in [-0.2, -0.15) is 0 Å². The summed E-state index contributed by atoms with van der Waals surface area (Å²) in [7, 11) is 0. The average Bonchev–Trinajstić information content (AvgIpc) is 3.63. The van der Waals surface area contributed by atoms with Crippen LogP contribution in [0.5, 0.6) is 0 Å². The van der Waals surface area contributed by atoms with Gasteiger partial charge >= 0.3 is 0 Å². The van der Waals surface area contributed by atoms with Gasteiger partial charge < -0.3 is 10.6 Å². The summed E-state index contributed by atoms with van der Waals surface area (Å²) < 4.78 is 0.